The lowest BCUT2D eigenvalue weighted by atomic mass is 10.1. The summed E-state index contributed by atoms with van der Waals surface area (Å²) in [7, 11) is 4.10. The lowest BCUT2D eigenvalue weighted by Gasteiger charge is -2.22. The Hall–Kier alpha value is -1.35. The summed E-state index contributed by atoms with van der Waals surface area (Å²) >= 11 is 0. The highest BCUT2D eigenvalue weighted by atomic mass is 15.1. The third-order valence-electron chi connectivity index (χ3n) is 2.78. The van der Waals surface area contributed by atoms with Crippen LogP contribution in [0.15, 0.2) is 24.9 Å². The van der Waals surface area contributed by atoms with Gasteiger partial charge in [0, 0.05) is 43.3 Å². The number of aryl methyl sites for hydroxylation is 1. The SMILES string of the molecule is C=CCCCN(C)c1cc(C)ncc1CNC. The fraction of sp³-hybridized carbons (Fsp3) is 0.500. The lowest BCUT2D eigenvalue weighted by Crippen LogP contribution is -2.21. The fourth-order valence-corrected chi connectivity index (χ4v) is 1.85. The summed E-state index contributed by atoms with van der Waals surface area (Å²) in [6, 6.07) is 2.15. The van der Waals surface area contributed by atoms with Gasteiger partial charge in [-0.1, -0.05) is 6.08 Å². The molecule has 0 aromatic carbocycles. The standard InChI is InChI=1S/C14H23N3/c1-5-6-7-8-17(4)14-9-12(2)16-11-13(14)10-15-3/h5,9,11,15H,1,6-8,10H2,2-4H3. The average molecular weight is 233 g/mol. The Balaban J connectivity index is 2.78. The first-order valence-electron chi connectivity index (χ1n) is 6.11. The van der Waals surface area contributed by atoms with Crippen LogP contribution in [0.4, 0.5) is 5.69 Å². The molecular formula is C14H23N3. The molecule has 0 saturated heterocycles. The van der Waals surface area contributed by atoms with Crippen molar-refractivity contribution in [2.75, 3.05) is 25.5 Å². The molecule has 0 unspecified atom stereocenters. The number of nitrogens with one attached hydrogen (secondary N) is 1. The number of hydrogen-bond acceptors (Lipinski definition) is 3. The minimum Gasteiger partial charge on any atom is -0.374 e. The van der Waals surface area contributed by atoms with Crippen LogP contribution in [-0.4, -0.2) is 25.6 Å². The summed E-state index contributed by atoms with van der Waals surface area (Å²) in [5.74, 6) is 0. The van der Waals surface area contributed by atoms with Crippen LogP contribution < -0.4 is 10.2 Å². The number of anilines is 1. The molecule has 0 saturated carbocycles. The van der Waals surface area contributed by atoms with Crippen molar-refractivity contribution in [1.82, 2.24) is 10.3 Å². The van der Waals surface area contributed by atoms with E-state index in [1.165, 1.54) is 11.3 Å². The van der Waals surface area contributed by atoms with Gasteiger partial charge >= 0.3 is 0 Å². The summed E-state index contributed by atoms with van der Waals surface area (Å²) in [6.07, 6.45) is 6.14. The average Bonchev–Trinajstić information content (AvgIpc) is 2.32. The van der Waals surface area contributed by atoms with Gasteiger partial charge in [-0.3, -0.25) is 4.98 Å². The topological polar surface area (TPSA) is 28.2 Å². The molecule has 17 heavy (non-hydrogen) atoms. The van der Waals surface area contributed by atoms with Crippen molar-refractivity contribution < 1.29 is 0 Å². The molecule has 1 aromatic heterocycles. The van der Waals surface area contributed by atoms with Crippen molar-refractivity contribution in [3.63, 3.8) is 0 Å². The highest BCUT2D eigenvalue weighted by Crippen LogP contribution is 2.20. The molecule has 0 atom stereocenters. The van der Waals surface area contributed by atoms with Crippen molar-refractivity contribution in [3.8, 4) is 0 Å². The Bertz CT molecular complexity index is 360. The van der Waals surface area contributed by atoms with Crippen molar-refractivity contribution >= 4 is 5.69 Å². The third-order valence-corrected chi connectivity index (χ3v) is 2.78. The Labute approximate surface area is 105 Å². The van der Waals surface area contributed by atoms with E-state index < -0.39 is 0 Å². The minimum atomic E-state index is 0.856. The zero-order valence-corrected chi connectivity index (χ0v) is 11.2. The predicted molar refractivity (Wildman–Crippen MR) is 74.4 cm³/mol. The number of rotatable bonds is 7. The van der Waals surface area contributed by atoms with Crippen LogP contribution in [0.5, 0.6) is 0 Å². The van der Waals surface area contributed by atoms with E-state index in [0.29, 0.717) is 0 Å². The number of nitrogens with zero attached hydrogens (tertiary/aromatic N) is 2. The van der Waals surface area contributed by atoms with Gasteiger partial charge in [0.25, 0.3) is 0 Å². The first kappa shape index (κ1) is 13.7. The van der Waals surface area contributed by atoms with Gasteiger partial charge in [0.15, 0.2) is 0 Å². The van der Waals surface area contributed by atoms with Crippen LogP contribution in [0.2, 0.25) is 0 Å². The molecule has 1 heterocycles. The number of aromatic nitrogens is 1. The zero-order chi connectivity index (χ0) is 12.7. The van der Waals surface area contributed by atoms with E-state index >= 15 is 0 Å². The quantitative estimate of drug-likeness (QED) is 0.579. The summed E-state index contributed by atoms with van der Waals surface area (Å²) in [5.41, 5.74) is 3.59. The molecule has 0 bridgehead atoms. The minimum absolute atomic E-state index is 0.856. The Morgan fingerprint density at radius 2 is 2.29 bits per heavy atom. The highest BCUT2D eigenvalue weighted by molar-refractivity contribution is 5.53. The molecule has 1 N–H and O–H groups in total. The fourth-order valence-electron chi connectivity index (χ4n) is 1.85. The molecule has 3 nitrogen and oxygen atoms in total. The van der Waals surface area contributed by atoms with Crippen LogP contribution in [0, 0.1) is 6.92 Å². The molecule has 1 aromatic rings. The largest absolute Gasteiger partial charge is 0.374 e. The second-order valence-electron chi connectivity index (χ2n) is 4.34. The maximum absolute atomic E-state index is 4.35. The summed E-state index contributed by atoms with van der Waals surface area (Å²) < 4.78 is 0. The molecule has 0 aliphatic rings. The molecular weight excluding hydrogens is 210 g/mol. The molecule has 0 aliphatic carbocycles. The van der Waals surface area contributed by atoms with Crippen LogP contribution >= 0.6 is 0 Å². The summed E-state index contributed by atoms with van der Waals surface area (Å²) in [6.45, 7) is 7.69. The van der Waals surface area contributed by atoms with E-state index in [1.807, 2.05) is 26.2 Å². The van der Waals surface area contributed by atoms with Gasteiger partial charge in [-0.05, 0) is 32.9 Å². The Morgan fingerprint density at radius 3 is 2.94 bits per heavy atom. The van der Waals surface area contributed by atoms with Crippen molar-refractivity contribution in [2.24, 2.45) is 0 Å². The normalized spacial score (nSPS) is 10.3. The van der Waals surface area contributed by atoms with Gasteiger partial charge in [0.05, 0.1) is 0 Å². The van der Waals surface area contributed by atoms with Gasteiger partial charge in [-0.25, -0.2) is 0 Å². The Morgan fingerprint density at radius 1 is 1.53 bits per heavy atom. The zero-order valence-electron chi connectivity index (χ0n) is 11.2. The van der Waals surface area contributed by atoms with Crippen LogP contribution in [0.25, 0.3) is 0 Å². The third kappa shape index (κ3) is 4.19. The molecule has 1 rings (SSSR count). The second kappa shape index (κ2) is 7.07. The highest BCUT2D eigenvalue weighted by Gasteiger charge is 2.07. The monoisotopic (exact) mass is 233 g/mol. The van der Waals surface area contributed by atoms with Crippen LogP contribution in [-0.2, 0) is 6.54 Å². The van der Waals surface area contributed by atoms with E-state index in [-0.39, 0.29) is 0 Å². The van der Waals surface area contributed by atoms with Crippen molar-refractivity contribution in [3.05, 3.63) is 36.2 Å². The molecule has 3 heteroatoms. The first-order valence-corrected chi connectivity index (χ1v) is 6.11. The predicted octanol–water partition coefficient (Wildman–Crippen LogP) is 2.51. The number of pyridine rings is 1. The Kier molecular flexibility index (Phi) is 5.70. The maximum atomic E-state index is 4.35. The van der Waals surface area contributed by atoms with E-state index in [0.717, 1.165) is 31.6 Å². The van der Waals surface area contributed by atoms with Gasteiger partial charge < -0.3 is 10.2 Å². The van der Waals surface area contributed by atoms with Gasteiger partial charge in [-0.15, -0.1) is 6.58 Å². The molecule has 0 aliphatic heterocycles. The summed E-state index contributed by atoms with van der Waals surface area (Å²) in [4.78, 5) is 6.65. The molecule has 0 fully saturated rings. The number of allylic oxidation sites excluding steroid dienone is 1. The number of hydrogen-bond donors (Lipinski definition) is 1. The first-order chi connectivity index (χ1) is 8.19. The molecule has 94 valence electrons. The van der Waals surface area contributed by atoms with Gasteiger partial charge in [0.1, 0.15) is 0 Å². The molecule has 0 spiro atoms. The van der Waals surface area contributed by atoms with Crippen molar-refractivity contribution in [2.45, 2.75) is 26.3 Å². The second-order valence-corrected chi connectivity index (χ2v) is 4.34. The van der Waals surface area contributed by atoms with E-state index in [9.17, 15) is 0 Å². The molecule has 0 radical (unpaired) electrons. The van der Waals surface area contributed by atoms with E-state index in [4.69, 9.17) is 0 Å². The van der Waals surface area contributed by atoms with E-state index in [1.54, 1.807) is 0 Å². The number of unbranched alkanes of at least 4 members (excludes halogenated alkanes) is 1. The van der Waals surface area contributed by atoms with E-state index in [2.05, 4.69) is 34.9 Å². The van der Waals surface area contributed by atoms with Gasteiger partial charge in [-0.2, -0.15) is 0 Å². The van der Waals surface area contributed by atoms with Crippen LogP contribution in [0.1, 0.15) is 24.1 Å². The van der Waals surface area contributed by atoms with Crippen molar-refractivity contribution in [1.29, 1.82) is 0 Å². The summed E-state index contributed by atoms with van der Waals surface area (Å²) in [5, 5.41) is 3.18. The maximum Gasteiger partial charge on any atom is 0.0442 e. The molecule has 0 amide bonds. The van der Waals surface area contributed by atoms with Gasteiger partial charge in [0.2, 0.25) is 0 Å². The smallest absolute Gasteiger partial charge is 0.0442 e. The lowest BCUT2D eigenvalue weighted by molar-refractivity contribution is 0.774. The van der Waals surface area contributed by atoms with Crippen LogP contribution in [0.3, 0.4) is 0 Å².